The summed E-state index contributed by atoms with van der Waals surface area (Å²) in [7, 11) is 3.39. The molecule has 5 nitrogen and oxygen atoms in total. The van der Waals surface area contributed by atoms with Crippen LogP contribution in [-0.2, 0) is 9.53 Å². The molecular formula is C17H27N3O2. The van der Waals surface area contributed by atoms with Gasteiger partial charge in [-0.2, -0.15) is 0 Å². The van der Waals surface area contributed by atoms with E-state index in [4.69, 9.17) is 4.74 Å². The molecule has 0 aliphatic rings. The fourth-order valence-corrected chi connectivity index (χ4v) is 1.37. The highest BCUT2D eigenvalue weighted by atomic mass is 16.5. The first-order valence-electron chi connectivity index (χ1n) is 7.47. The molecule has 0 bridgehead atoms. The molecule has 1 aromatic rings. The highest BCUT2D eigenvalue weighted by Crippen LogP contribution is 2.08. The first-order valence-corrected chi connectivity index (χ1v) is 7.47. The lowest BCUT2D eigenvalue weighted by atomic mass is 10.2. The van der Waals surface area contributed by atoms with Crippen molar-refractivity contribution in [1.82, 2.24) is 9.88 Å². The van der Waals surface area contributed by atoms with Crippen molar-refractivity contribution in [3.05, 3.63) is 36.2 Å². The number of rotatable bonds is 6. The van der Waals surface area contributed by atoms with Gasteiger partial charge < -0.3 is 9.64 Å². The van der Waals surface area contributed by atoms with Crippen LogP contribution in [0.15, 0.2) is 35.5 Å². The average molecular weight is 305 g/mol. The lowest BCUT2D eigenvalue weighted by Crippen LogP contribution is -2.27. The molecule has 0 spiro atoms. The van der Waals surface area contributed by atoms with Crippen LogP contribution >= 0.6 is 0 Å². The average Bonchev–Trinajstić information content (AvgIpc) is 2.56. The molecule has 0 fully saturated rings. The molecule has 1 heterocycles. The summed E-state index contributed by atoms with van der Waals surface area (Å²) in [6.07, 6.45) is 5.01. The fraction of sp³-hybridized carbons (Fsp3) is 0.471. The van der Waals surface area contributed by atoms with Crippen LogP contribution in [0.2, 0.25) is 0 Å². The van der Waals surface area contributed by atoms with E-state index in [1.54, 1.807) is 33.4 Å². The largest absolute Gasteiger partial charge is 0.347 e. The normalized spacial score (nSPS) is 12.5. The highest BCUT2D eigenvalue weighted by molar-refractivity contribution is 6.08. The second kappa shape index (κ2) is 11.6. The van der Waals surface area contributed by atoms with E-state index in [1.165, 1.54) is 4.90 Å². The minimum absolute atomic E-state index is 0.0280. The molecular weight excluding hydrogens is 278 g/mol. The van der Waals surface area contributed by atoms with Crippen LogP contribution in [0.25, 0.3) is 5.57 Å². The lowest BCUT2D eigenvalue weighted by molar-refractivity contribution is -0.135. The molecule has 0 N–H and O–H groups in total. The van der Waals surface area contributed by atoms with Crippen LogP contribution < -0.4 is 0 Å². The molecule has 1 rings (SSSR count). The van der Waals surface area contributed by atoms with Gasteiger partial charge in [0.25, 0.3) is 0 Å². The third-order valence-electron chi connectivity index (χ3n) is 2.64. The van der Waals surface area contributed by atoms with Crippen molar-refractivity contribution in [2.24, 2.45) is 4.99 Å². The number of carbonyl (C=O) groups excluding carboxylic acids is 1. The Morgan fingerprint density at radius 1 is 1.41 bits per heavy atom. The molecule has 1 amide bonds. The Morgan fingerprint density at radius 3 is 2.59 bits per heavy atom. The number of aliphatic imine (C=N–C) groups is 1. The molecule has 0 aromatic carbocycles. The van der Waals surface area contributed by atoms with E-state index >= 15 is 0 Å². The van der Waals surface area contributed by atoms with Gasteiger partial charge in [-0.25, -0.2) is 0 Å². The summed E-state index contributed by atoms with van der Waals surface area (Å²) in [6.45, 7) is 7.75. The van der Waals surface area contributed by atoms with Gasteiger partial charge in [-0.1, -0.05) is 26.0 Å². The van der Waals surface area contributed by atoms with Gasteiger partial charge in [0.15, 0.2) is 0 Å². The van der Waals surface area contributed by atoms with Crippen molar-refractivity contribution in [1.29, 1.82) is 0 Å². The number of carbonyl (C=O) groups is 1. The molecule has 0 aliphatic heterocycles. The van der Waals surface area contributed by atoms with E-state index in [0.29, 0.717) is 0 Å². The number of allylic oxidation sites excluding steroid dienone is 2. The minimum atomic E-state index is -0.377. The van der Waals surface area contributed by atoms with Crippen LogP contribution in [-0.4, -0.2) is 48.9 Å². The molecule has 0 saturated carbocycles. The molecule has 1 atom stereocenters. The quantitative estimate of drug-likeness (QED) is 0.759. The van der Waals surface area contributed by atoms with Crippen LogP contribution in [0.5, 0.6) is 0 Å². The molecule has 122 valence electrons. The maximum Gasteiger partial charge on any atom is 0.248 e. The van der Waals surface area contributed by atoms with Crippen LogP contribution in [0.1, 0.15) is 33.4 Å². The first kappa shape index (κ1) is 20.0. The maximum absolute atomic E-state index is 11.4. The molecule has 0 saturated heterocycles. The molecule has 0 radical (unpaired) electrons. The number of ether oxygens (including phenoxy) is 1. The number of hydrogen-bond acceptors (Lipinski definition) is 4. The van der Waals surface area contributed by atoms with E-state index in [2.05, 4.69) is 9.98 Å². The monoisotopic (exact) mass is 305 g/mol. The zero-order valence-corrected chi connectivity index (χ0v) is 14.4. The van der Waals surface area contributed by atoms with Crippen molar-refractivity contribution < 1.29 is 9.53 Å². The van der Waals surface area contributed by atoms with Crippen molar-refractivity contribution in [3.63, 3.8) is 0 Å². The highest BCUT2D eigenvalue weighted by Gasteiger charge is 2.07. The second-order valence-corrected chi connectivity index (χ2v) is 4.44. The number of aromatic nitrogens is 1. The minimum Gasteiger partial charge on any atom is -0.347 e. The van der Waals surface area contributed by atoms with E-state index < -0.39 is 0 Å². The molecule has 1 unspecified atom stereocenters. The molecule has 0 aliphatic carbocycles. The Morgan fingerprint density at radius 2 is 2.09 bits per heavy atom. The van der Waals surface area contributed by atoms with Crippen LogP contribution in [0, 0.1) is 0 Å². The molecule has 5 heteroatoms. The number of nitrogens with zero attached hydrogens (tertiary/aromatic N) is 3. The summed E-state index contributed by atoms with van der Waals surface area (Å²) < 4.78 is 5.36. The fourth-order valence-electron chi connectivity index (χ4n) is 1.37. The standard InChI is InChI=1S/C15H21N3O2.C2H6/c1-5-13(14-8-6-7-9-16-14)10-17-12(2)20-11-15(19)18(3)4;1-2/h5-10,12H,11H2,1-4H3;1-2H3/b13-5+,17-10-;. The Balaban J connectivity index is 0.00000211. The Bertz CT molecular complexity index is 482. The van der Waals surface area contributed by atoms with Gasteiger partial charge in [-0.3, -0.25) is 14.8 Å². The molecule has 1 aromatic heterocycles. The van der Waals surface area contributed by atoms with Crippen LogP contribution in [0.3, 0.4) is 0 Å². The zero-order valence-electron chi connectivity index (χ0n) is 14.4. The van der Waals surface area contributed by atoms with E-state index in [0.717, 1.165) is 11.3 Å². The predicted molar refractivity (Wildman–Crippen MR) is 91.8 cm³/mol. The van der Waals surface area contributed by atoms with E-state index in [9.17, 15) is 4.79 Å². The summed E-state index contributed by atoms with van der Waals surface area (Å²) in [5.41, 5.74) is 1.77. The van der Waals surface area contributed by atoms with Crippen LogP contribution in [0.4, 0.5) is 0 Å². The smallest absolute Gasteiger partial charge is 0.248 e. The van der Waals surface area contributed by atoms with Gasteiger partial charge in [-0.05, 0) is 26.0 Å². The zero-order chi connectivity index (χ0) is 17.0. The van der Waals surface area contributed by atoms with E-state index in [-0.39, 0.29) is 18.7 Å². The van der Waals surface area contributed by atoms with Gasteiger partial charge in [0.2, 0.25) is 5.91 Å². The Labute approximate surface area is 133 Å². The van der Waals surface area contributed by atoms with E-state index in [1.807, 2.05) is 45.0 Å². The summed E-state index contributed by atoms with van der Waals surface area (Å²) in [6, 6.07) is 5.71. The maximum atomic E-state index is 11.4. The van der Waals surface area contributed by atoms with Crippen molar-refractivity contribution in [2.75, 3.05) is 20.7 Å². The summed E-state index contributed by atoms with van der Waals surface area (Å²) in [5.74, 6) is -0.0805. The van der Waals surface area contributed by atoms with Crippen molar-refractivity contribution >= 4 is 17.7 Å². The van der Waals surface area contributed by atoms with Gasteiger partial charge in [-0.15, -0.1) is 0 Å². The third-order valence-corrected chi connectivity index (χ3v) is 2.64. The Hall–Kier alpha value is -2.01. The molecule has 22 heavy (non-hydrogen) atoms. The van der Waals surface area contributed by atoms with Gasteiger partial charge >= 0.3 is 0 Å². The van der Waals surface area contributed by atoms with Crippen molar-refractivity contribution in [2.45, 2.75) is 33.9 Å². The third kappa shape index (κ3) is 7.69. The van der Waals surface area contributed by atoms with Gasteiger partial charge in [0, 0.05) is 32.1 Å². The second-order valence-electron chi connectivity index (χ2n) is 4.44. The first-order chi connectivity index (χ1) is 10.5. The Kier molecular flexibility index (Phi) is 10.6. The number of pyridine rings is 1. The van der Waals surface area contributed by atoms with Gasteiger partial charge in [0.05, 0.1) is 5.69 Å². The number of hydrogen-bond donors (Lipinski definition) is 0. The topological polar surface area (TPSA) is 54.8 Å². The summed E-state index contributed by atoms with van der Waals surface area (Å²) >= 11 is 0. The number of likely N-dealkylation sites (N-methyl/N-ethyl adjacent to an activating group) is 1. The van der Waals surface area contributed by atoms with Gasteiger partial charge in [0.1, 0.15) is 12.8 Å². The lowest BCUT2D eigenvalue weighted by Gasteiger charge is -2.12. The summed E-state index contributed by atoms with van der Waals surface area (Å²) in [5, 5.41) is 0. The SMILES string of the molecule is C/C=C(\C=N/C(C)OCC(=O)N(C)C)c1ccccn1.CC. The summed E-state index contributed by atoms with van der Waals surface area (Å²) in [4.78, 5) is 21.4. The number of amides is 1. The van der Waals surface area contributed by atoms with Crippen molar-refractivity contribution in [3.8, 4) is 0 Å². The predicted octanol–water partition coefficient (Wildman–Crippen LogP) is 3.03.